The van der Waals surface area contributed by atoms with Crippen molar-refractivity contribution in [3.05, 3.63) is 29.8 Å². The Hall–Kier alpha value is -1.91. The predicted octanol–water partition coefficient (Wildman–Crippen LogP) is 3.98. The lowest BCUT2D eigenvalue weighted by molar-refractivity contribution is 0.0377. The van der Waals surface area contributed by atoms with Gasteiger partial charge in [-0.15, -0.1) is 0 Å². The summed E-state index contributed by atoms with van der Waals surface area (Å²) in [6, 6.07) is 0. The second kappa shape index (κ2) is 7.38. The van der Waals surface area contributed by atoms with E-state index < -0.39 is 0 Å². The molecular weight excluding hydrogens is 278 g/mol. The fraction of sp³-hybridized carbons (Fsp3) is 0.588. The first kappa shape index (κ1) is 16.5. The summed E-state index contributed by atoms with van der Waals surface area (Å²) in [4.78, 5) is 20.8. The number of aromatic nitrogens is 3. The number of fused-ring (bicyclic) bond motifs is 1. The fourth-order valence-electron chi connectivity index (χ4n) is 2.62. The summed E-state index contributed by atoms with van der Waals surface area (Å²) in [6.07, 6.45) is 9.66. The lowest BCUT2D eigenvalue weighted by Crippen LogP contribution is -2.12. The standard InChI is InChI=1S/C17H25N3O2/c1-5-7-13(8-6-2)15-11-20-10-14(9-18-17(20)19-15)16(21)22-12(3)4/h9-13H,5-8H2,1-4H3. The van der Waals surface area contributed by atoms with Crippen LogP contribution < -0.4 is 0 Å². The Morgan fingerprint density at radius 2 is 1.91 bits per heavy atom. The van der Waals surface area contributed by atoms with Gasteiger partial charge in [0.15, 0.2) is 0 Å². The summed E-state index contributed by atoms with van der Waals surface area (Å²) in [5, 5.41) is 0. The highest BCUT2D eigenvalue weighted by Gasteiger charge is 2.16. The average Bonchev–Trinajstić information content (AvgIpc) is 2.89. The first-order valence-corrected chi connectivity index (χ1v) is 8.10. The number of carbonyl (C=O) groups is 1. The number of nitrogens with zero attached hydrogens (tertiary/aromatic N) is 3. The van der Waals surface area contributed by atoms with Crippen molar-refractivity contribution in [3.8, 4) is 0 Å². The molecule has 0 spiro atoms. The average molecular weight is 303 g/mol. The monoisotopic (exact) mass is 303 g/mol. The molecule has 22 heavy (non-hydrogen) atoms. The van der Waals surface area contributed by atoms with Gasteiger partial charge in [0.25, 0.3) is 0 Å². The highest BCUT2D eigenvalue weighted by molar-refractivity contribution is 5.89. The van der Waals surface area contributed by atoms with E-state index >= 15 is 0 Å². The van der Waals surface area contributed by atoms with Crippen molar-refractivity contribution in [2.75, 3.05) is 0 Å². The van der Waals surface area contributed by atoms with Gasteiger partial charge in [0.1, 0.15) is 0 Å². The van der Waals surface area contributed by atoms with E-state index in [0.29, 0.717) is 17.3 Å². The van der Waals surface area contributed by atoms with Crippen molar-refractivity contribution in [2.24, 2.45) is 0 Å². The first-order chi connectivity index (χ1) is 10.5. The van der Waals surface area contributed by atoms with Gasteiger partial charge < -0.3 is 4.74 Å². The molecule has 0 aliphatic rings. The van der Waals surface area contributed by atoms with Crippen LogP contribution in [0.3, 0.4) is 0 Å². The van der Waals surface area contributed by atoms with E-state index in [1.165, 1.54) is 6.20 Å². The third-order valence-corrected chi connectivity index (χ3v) is 3.60. The smallest absolute Gasteiger partial charge is 0.341 e. The molecule has 2 heterocycles. The number of hydrogen-bond acceptors (Lipinski definition) is 4. The minimum Gasteiger partial charge on any atom is -0.459 e. The van der Waals surface area contributed by atoms with Crippen molar-refractivity contribution in [2.45, 2.75) is 65.4 Å². The van der Waals surface area contributed by atoms with Gasteiger partial charge in [0, 0.05) is 24.5 Å². The zero-order chi connectivity index (χ0) is 16.1. The zero-order valence-electron chi connectivity index (χ0n) is 13.9. The maximum absolute atomic E-state index is 11.9. The van der Waals surface area contributed by atoms with Crippen molar-refractivity contribution >= 4 is 11.7 Å². The Morgan fingerprint density at radius 3 is 2.50 bits per heavy atom. The van der Waals surface area contributed by atoms with Crippen molar-refractivity contribution in [1.29, 1.82) is 0 Å². The number of carbonyl (C=O) groups excluding carboxylic acids is 1. The molecule has 2 aromatic rings. The van der Waals surface area contributed by atoms with Crippen LogP contribution in [0.2, 0.25) is 0 Å². The molecule has 0 unspecified atom stereocenters. The summed E-state index contributed by atoms with van der Waals surface area (Å²) < 4.78 is 7.03. The number of ether oxygens (including phenoxy) is 1. The Morgan fingerprint density at radius 1 is 1.23 bits per heavy atom. The van der Waals surface area contributed by atoms with Gasteiger partial charge in [-0.05, 0) is 26.7 Å². The summed E-state index contributed by atoms with van der Waals surface area (Å²) in [6.45, 7) is 8.05. The van der Waals surface area contributed by atoms with E-state index in [9.17, 15) is 4.79 Å². The molecular formula is C17H25N3O2. The van der Waals surface area contributed by atoms with E-state index in [2.05, 4.69) is 23.8 Å². The van der Waals surface area contributed by atoms with Crippen LogP contribution in [0.25, 0.3) is 5.78 Å². The van der Waals surface area contributed by atoms with Crippen LogP contribution >= 0.6 is 0 Å². The van der Waals surface area contributed by atoms with Crippen LogP contribution in [0.15, 0.2) is 18.6 Å². The molecule has 0 bridgehead atoms. The van der Waals surface area contributed by atoms with Crippen LogP contribution in [-0.2, 0) is 4.74 Å². The summed E-state index contributed by atoms with van der Waals surface area (Å²) in [5.41, 5.74) is 1.51. The number of hydrogen-bond donors (Lipinski definition) is 0. The molecule has 0 atom stereocenters. The minimum atomic E-state index is -0.349. The topological polar surface area (TPSA) is 56.5 Å². The van der Waals surface area contributed by atoms with Gasteiger partial charge in [0.05, 0.1) is 17.4 Å². The third-order valence-electron chi connectivity index (χ3n) is 3.60. The molecule has 0 amide bonds. The highest BCUT2D eigenvalue weighted by Crippen LogP contribution is 2.25. The second-order valence-electron chi connectivity index (χ2n) is 5.94. The Bertz CT molecular complexity index is 628. The van der Waals surface area contributed by atoms with Gasteiger partial charge in [-0.25, -0.2) is 14.8 Å². The predicted molar refractivity (Wildman–Crippen MR) is 86.1 cm³/mol. The Kier molecular flexibility index (Phi) is 5.52. The van der Waals surface area contributed by atoms with Crippen LogP contribution in [0.1, 0.15) is 75.3 Å². The number of rotatable bonds is 7. The summed E-state index contributed by atoms with van der Waals surface area (Å²) >= 11 is 0. The Balaban J connectivity index is 2.28. The SMILES string of the molecule is CCCC(CCC)c1cn2cc(C(=O)OC(C)C)cnc2n1. The Labute approximate surface area is 131 Å². The van der Waals surface area contributed by atoms with Gasteiger partial charge >= 0.3 is 5.97 Å². The van der Waals surface area contributed by atoms with E-state index in [1.807, 2.05) is 24.4 Å². The quantitative estimate of drug-likeness (QED) is 0.726. The van der Waals surface area contributed by atoms with Crippen molar-refractivity contribution in [1.82, 2.24) is 14.4 Å². The highest BCUT2D eigenvalue weighted by atomic mass is 16.5. The van der Waals surface area contributed by atoms with Gasteiger partial charge in [-0.3, -0.25) is 4.40 Å². The molecule has 5 nitrogen and oxygen atoms in total. The molecule has 0 saturated heterocycles. The molecule has 0 N–H and O–H groups in total. The molecule has 0 saturated carbocycles. The lowest BCUT2D eigenvalue weighted by Gasteiger charge is -2.11. The van der Waals surface area contributed by atoms with E-state index in [1.54, 1.807) is 6.20 Å². The van der Waals surface area contributed by atoms with Gasteiger partial charge in [-0.2, -0.15) is 0 Å². The molecule has 120 valence electrons. The van der Waals surface area contributed by atoms with Gasteiger partial charge in [-0.1, -0.05) is 26.7 Å². The van der Waals surface area contributed by atoms with E-state index in [-0.39, 0.29) is 12.1 Å². The van der Waals surface area contributed by atoms with Crippen LogP contribution in [0.4, 0.5) is 0 Å². The molecule has 0 aliphatic carbocycles. The maximum Gasteiger partial charge on any atom is 0.341 e. The van der Waals surface area contributed by atoms with Crippen molar-refractivity contribution in [3.63, 3.8) is 0 Å². The van der Waals surface area contributed by atoms with Crippen LogP contribution in [-0.4, -0.2) is 26.4 Å². The zero-order valence-corrected chi connectivity index (χ0v) is 13.9. The summed E-state index contributed by atoms with van der Waals surface area (Å²) in [5.74, 6) is 0.745. The first-order valence-electron chi connectivity index (χ1n) is 8.10. The summed E-state index contributed by atoms with van der Waals surface area (Å²) in [7, 11) is 0. The van der Waals surface area contributed by atoms with E-state index in [0.717, 1.165) is 31.4 Å². The van der Waals surface area contributed by atoms with Crippen molar-refractivity contribution < 1.29 is 9.53 Å². The number of imidazole rings is 1. The maximum atomic E-state index is 11.9. The van der Waals surface area contributed by atoms with Gasteiger partial charge in [0.2, 0.25) is 5.78 Å². The van der Waals surface area contributed by atoms with Crippen LogP contribution in [0, 0.1) is 0 Å². The molecule has 2 rings (SSSR count). The fourth-order valence-corrected chi connectivity index (χ4v) is 2.62. The third kappa shape index (κ3) is 3.84. The number of esters is 1. The second-order valence-corrected chi connectivity index (χ2v) is 5.94. The normalized spacial score (nSPS) is 11.5. The minimum absolute atomic E-state index is 0.139. The molecule has 0 aromatic carbocycles. The molecule has 0 fully saturated rings. The molecule has 5 heteroatoms. The molecule has 0 radical (unpaired) electrons. The lowest BCUT2D eigenvalue weighted by atomic mass is 9.95. The largest absolute Gasteiger partial charge is 0.459 e. The van der Waals surface area contributed by atoms with E-state index in [4.69, 9.17) is 4.74 Å². The van der Waals surface area contributed by atoms with Crippen LogP contribution in [0.5, 0.6) is 0 Å². The molecule has 2 aromatic heterocycles. The molecule has 0 aliphatic heterocycles.